The quantitative estimate of drug-likeness (QED) is 0.421. The summed E-state index contributed by atoms with van der Waals surface area (Å²) in [5, 5.41) is 13.0. The molecular weight excluding hydrogens is 381 g/mol. The summed E-state index contributed by atoms with van der Waals surface area (Å²) in [4.78, 5) is 0. The van der Waals surface area contributed by atoms with E-state index in [0.717, 1.165) is 22.6 Å². The molecule has 2 N–H and O–H groups in total. The van der Waals surface area contributed by atoms with E-state index in [1.54, 1.807) is 7.11 Å². The molecule has 0 fully saturated rings. The molecule has 0 bridgehead atoms. The fourth-order valence-electron chi connectivity index (χ4n) is 2.77. The number of fused-ring (bicyclic) bond motifs is 1. The van der Waals surface area contributed by atoms with Crippen LogP contribution in [0.3, 0.4) is 0 Å². The number of aliphatic hydroxyl groups is 1. The Kier molecular flexibility index (Phi) is 9.13. The standard InChI is InChI=1S/C18H24NO2.2ClH.Ti/c1-12(21-5)16-15(19-18(2,3)4)11-14-8-6-7-13(9-10-20)17(14)16;;;/h6-8,19-20H,9-10H2,1-5H3;2*1H;/q;;;+2/p-2. The van der Waals surface area contributed by atoms with Crippen LogP contribution < -0.4 is 30.1 Å². The number of rotatable bonds is 4. The maximum atomic E-state index is 9.37. The van der Waals surface area contributed by atoms with Gasteiger partial charge in [-0.15, -0.1) is 0 Å². The monoisotopic (exact) mass is 404 g/mol. The zero-order valence-corrected chi connectivity index (χ0v) is 17.8. The summed E-state index contributed by atoms with van der Waals surface area (Å²) >= 11 is 2.14. The first-order valence-electron chi connectivity index (χ1n) is 7.53. The van der Waals surface area contributed by atoms with E-state index in [-0.39, 0.29) is 37.0 Å². The van der Waals surface area contributed by atoms with Gasteiger partial charge in [-0.2, -0.15) is 0 Å². The minimum atomic E-state index is -0.0327. The van der Waals surface area contributed by atoms with Crippen molar-refractivity contribution in [1.29, 1.82) is 0 Å². The Morgan fingerprint density at radius 3 is 2.38 bits per heavy atom. The molecule has 0 amide bonds. The summed E-state index contributed by atoms with van der Waals surface area (Å²) in [6.45, 7) is 8.62. The molecule has 1 aliphatic rings. The van der Waals surface area contributed by atoms with E-state index >= 15 is 0 Å². The Hall–Kier alpha value is -0.446. The smallest absolute Gasteiger partial charge is 1.00 e. The van der Waals surface area contributed by atoms with Crippen LogP contribution in [0, 0.1) is 0 Å². The number of aliphatic hydroxyl groups excluding tert-OH is 1. The first-order chi connectivity index (χ1) is 10.3. The zero-order chi connectivity index (χ0) is 16.5. The molecule has 1 aromatic carbocycles. The van der Waals surface area contributed by atoms with Crippen molar-refractivity contribution in [2.24, 2.45) is 0 Å². The van der Waals surface area contributed by atoms with E-state index in [1.807, 2.05) is 6.92 Å². The van der Waals surface area contributed by atoms with Crippen LogP contribution in [0.5, 0.6) is 0 Å². The fraction of sp³-hybridized carbons (Fsp3) is 0.444. The van der Waals surface area contributed by atoms with Crippen molar-refractivity contribution in [2.75, 3.05) is 13.7 Å². The second-order valence-corrected chi connectivity index (χ2v) is 7.35. The third-order valence-electron chi connectivity index (χ3n) is 3.71. The maximum Gasteiger partial charge on any atom is -1.00 e. The van der Waals surface area contributed by atoms with Crippen molar-refractivity contribution in [3.05, 3.63) is 46.3 Å². The Balaban J connectivity index is 0.00000264. The van der Waals surface area contributed by atoms with Gasteiger partial charge in [-0.25, -0.2) is 0 Å². The summed E-state index contributed by atoms with van der Waals surface area (Å²) in [6.07, 6.45) is 0.653. The molecule has 0 aliphatic heterocycles. The van der Waals surface area contributed by atoms with E-state index in [4.69, 9.17) is 4.74 Å². The minimum Gasteiger partial charge on any atom is -1.00 e. The number of halogens is 2. The first-order valence-corrected chi connectivity index (χ1v) is 8.31. The van der Waals surface area contributed by atoms with Gasteiger partial charge in [-0.05, 0) is 0 Å². The minimum absolute atomic E-state index is 0. The predicted octanol–water partition coefficient (Wildman–Crippen LogP) is -2.78. The molecule has 24 heavy (non-hydrogen) atoms. The topological polar surface area (TPSA) is 41.5 Å². The number of ether oxygens (including phenoxy) is 1. The van der Waals surface area contributed by atoms with Crippen molar-refractivity contribution in [3.8, 4) is 0 Å². The summed E-state index contributed by atoms with van der Waals surface area (Å²) in [5.74, 6) is 0.898. The average molecular weight is 405 g/mol. The Morgan fingerprint density at radius 1 is 1.25 bits per heavy atom. The second kappa shape index (κ2) is 9.31. The Bertz CT molecular complexity index is 649. The van der Waals surface area contributed by atoms with Gasteiger partial charge in [0.15, 0.2) is 0 Å². The molecule has 0 aromatic heterocycles. The van der Waals surface area contributed by atoms with E-state index < -0.39 is 0 Å². The molecule has 6 heteroatoms. The number of hydrogen-bond acceptors (Lipinski definition) is 3. The van der Waals surface area contributed by atoms with Gasteiger partial charge in [0, 0.05) is 0 Å². The van der Waals surface area contributed by atoms with Crippen LogP contribution in [0.25, 0.3) is 9.45 Å². The normalized spacial score (nSPS) is 15.3. The van der Waals surface area contributed by atoms with Crippen LogP contribution in [0.1, 0.15) is 44.4 Å². The van der Waals surface area contributed by atoms with Crippen LogP contribution in [0.2, 0.25) is 0 Å². The van der Waals surface area contributed by atoms with Crippen LogP contribution in [0.15, 0.2) is 29.7 Å². The number of nitrogens with one attached hydrogen (secondary N) is 1. The summed E-state index contributed by atoms with van der Waals surface area (Å²) in [7, 11) is 1.71. The maximum absolute atomic E-state index is 9.37. The van der Waals surface area contributed by atoms with E-state index in [1.165, 1.54) is 15.0 Å². The van der Waals surface area contributed by atoms with Crippen molar-refractivity contribution in [3.63, 3.8) is 0 Å². The molecule has 1 aromatic rings. The number of allylic oxidation sites excluding steroid dienone is 2. The zero-order valence-electron chi connectivity index (χ0n) is 14.8. The molecular formula is C18H24Cl2NO2Ti. The van der Waals surface area contributed by atoms with Crippen LogP contribution in [0.4, 0.5) is 0 Å². The molecule has 0 heterocycles. The molecule has 0 atom stereocenters. The molecule has 0 unspecified atom stereocenters. The van der Waals surface area contributed by atoms with Gasteiger partial charge in [-0.1, -0.05) is 0 Å². The van der Waals surface area contributed by atoms with Crippen LogP contribution in [-0.4, -0.2) is 24.4 Å². The van der Waals surface area contributed by atoms with Gasteiger partial charge < -0.3 is 24.8 Å². The van der Waals surface area contributed by atoms with Crippen molar-refractivity contribution >= 4 is 9.45 Å². The molecule has 131 valence electrons. The van der Waals surface area contributed by atoms with Crippen molar-refractivity contribution in [2.45, 2.75) is 39.7 Å². The van der Waals surface area contributed by atoms with Crippen LogP contribution >= 0.6 is 0 Å². The van der Waals surface area contributed by atoms with Gasteiger partial charge >= 0.3 is 145 Å². The molecule has 0 radical (unpaired) electrons. The third-order valence-corrected chi connectivity index (χ3v) is 4.52. The summed E-state index contributed by atoms with van der Waals surface area (Å²) in [5.41, 5.74) is 5.80. The Morgan fingerprint density at radius 2 is 1.88 bits per heavy atom. The van der Waals surface area contributed by atoms with Gasteiger partial charge in [-0.3, -0.25) is 0 Å². The Labute approximate surface area is 169 Å². The fourth-order valence-corrected chi connectivity index (χ4v) is 3.39. The second-order valence-electron chi connectivity index (χ2n) is 6.57. The molecule has 0 saturated heterocycles. The predicted molar refractivity (Wildman–Crippen MR) is 86.6 cm³/mol. The van der Waals surface area contributed by atoms with Gasteiger partial charge in [0.05, 0.1) is 0 Å². The molecule has 0 saturated carbocycles. The van der Waals surface area contributed by atoms with Crippen LogP contribution in [-0.2, 0) is 31.6 Å². The SMILES string of the molecule is COC(C)=C1C(NC(C)(C)C)=[C]([Ti+2])c2cccc(CCO)c21.[Cl-].[Cl-]. The van der Waals surface area contributed by atoms with E-state index in [9.17, 15) is 5.11 Å². The third kappa shape index (κ3) is 4.80. The first kappa shape index (κ1) is 23.6. The number of hydrogen-bond donors (Lipinski definition) is 2. The largest absolute Gasteiger partial charge is 1.00 e. The van der Waals surface area contributed by atoms with E-state index in [0.29, 0.717) is 6.42 Å². The molecule has 3 nitrogen and oxygen atoms in total. The number of benzene rings is 1. The van der Waals surface area contributed by atoms with E-state index in [2.05, 4.69) is 64.7 Å². The summed E-state index contributed by atoms with van der Waals surface area (Å²) < 4.78 is 6.79. The molecule has 2 rings (SSSR count). The average Bonchev–Trinajstić information content (AvgIpc) is 2.71. The van der Waals surface area contributed by atoms with Crippen molar-refractivity contribution in [1.82, 2.24) is 5.32 Å². The van der Waals surface area contributed by atoms with Crippen molar-refractivity contribution < 1.29 is 55.1 Å². The number of methoxy groups -OCH3 is 1. The molecule has 0 spiro atoms. The van der Waals surface area contributed by atoms with Gasteiger partial charge in [0.2, 0.25) is 0 Å². The van der Waals surface area contributed by atoms with Gasteiger partial charge in [0.1, 0.15) is 0 Å². The van der Waals surface area contributed by atoms with Gasteiger partial charge in [0.25, 0.3) is 0 Å². The molecule has 1 aliphatic carbocycles. The summed E-state index contributed by atoms with van der Waals surface area (Å²) in [6, 6.07) is 6.30.